The first-order valence-electron chi connectivity index (χ1n) is 9.12. The van der Waals surface area contributed by atoms with Crippen LogP contribution in [0.2, 0.25) is 5.02 Å². The Labute approximate surface area is 155 Å². The van der Waals surface area contributed by atoms with Crippen LogP contribution < -0.4 is 10.6 Å². The molecular formula is C19H28ClN3O2. The van der Waals surface area contributed by atoms with Gasteiger partial charge in [0, 0.05) is 50.4 Å². The van der Waals surface area contributed by atoms with E-state index in [0.29, 0.717) is 6.10 Å². The smallest absolute Gasteiger partial charge is 0.191 e. The Balaban J connectivity index is 1.65. The summed E-state index contributed by atoms with van der Waals surface area (Å²) in [6.45, 7) is 3.96. The summed E-state index contributed by atoms with van der Waals surface area (Å²) in [6, 6.07) is 8.15. The van der Waals surface area contributed by atoms with Crippen molar-refractivity contribution in [2.45, 2.75) is 37.2 Å². The molecule has 1 aromatic rings. The van der Waals surface area contributed by atoms with E-state index in [1.807, 2.05) is 12.1 Å². The van der Waals surface area contributed by atoms with Crippen LogP contribution in [0.15, 0.2) is 29.3 Å². The molecule has 2 fully saturated rings. The number of ether oxygens (including phenoxy) is 2. The molecule has 0 radical (unpaired) electrons. The first-order chi connectivity index (χ1) is 12.2. The van der Waals surface area contributed by atoms with Crippen LogP contribution >= 0.6 is 11.6 Å². The zero-order valence-electron chi connectivity index (χ0n) is 14.9. The van der Waals surface area contributed by atoms with Crippen molar-refractivity contribution >= 4 is 17.6 Å². The molecule has 0 spiro atoms. The molecule has 1 atom stereocenters. The van der Waals surface area contributed by atoms with E-state index in [1.54, 1.807) is 7.05 Å². The Bertz CT molecular complexity index is 582. The number of benzene rings is 1. The molecule has 2 N–H and O–H groups in total. The molecule has 6 heteroatoms. The molecule has 2 saturated heterocycles. The zero-order chi connectivity index (χ0) is 17.5. The van der Waals surface area contributed by atoms with Crippen molar-refractivity contribution in [3.63, 3.8) is 0 Å². The standard InChI is InChI=1S/C19H28ClN3O2/c1-21-18(22-13-15-5-4-10-25-15)23-14-19(8-11-24-12-9-19)16-6-2-3-7-17(16)20/h2-3,6-7,15H,4-5,8-14H2,1H3,(H2,21,22,23). The number of nitrogens with zero attached hydrogens (tertiary/aromatic N) is 1. The van der Waals surface area contributed by atoms with Crippen LogP contribution in [-0.4, -0.2) is 52.0 Å². The highest BCUT2D eigenvalue weighted by Gasteiger charge is 2.36. The van der Waals surface area contributed by atoms with E-state index in [0.717, 1.165) is 69.6 Å². The highest BCUT2D eigenvalue weighted by molar-refractivity contribution is 6.31. The van der Waals surface area contributed by atoms with Gasteiger partial charge >= 0.3 is 0 Å². The van der Waals surface area contributed by atoms with Gasteiger partial charge in [-0.1, -0.05) is 29.8 Å². The number of hydrogen-bond donors (Lipinski definition) is 2. The Hall–Kier alpha value is -1.30. The van der Waals surface area contributed by atoms with Crippen molar-refractivity contribution < 1.29 is 9.47 Å². The lowest BCUT2D eigenvalue weighted by Crippen LogP contribution is -2.49. The maximum absolute atomic E-state index is 6.51. The number of guanidine groups is 1. The first-order valence-corrected chi connectivity index (χ1v) is 9.50. The third-order valence-corrected chi connectivity index (χ3v) is 5.56. The Morgan fingerprint density at radius 2 is 2.04 bits per heavy atom. The number of nitrogens with one attached hydrogen (secondary N) is 2. The second-order valence-electron chi connectivity index (χ2n) is 6.81. The lowest BCUT2D eigenvalue weighted by atomic mass is 9.74. The fraction of sp³-hybridized carbons (Fsp3) is 0.632. The first kappa shape index (κ1) is 18.5. The zero-order valence-corrected chi connectivity index (χ0v) is 15.6. The van der Waals surface area contributed by atoms with Crippen molar-refractivity contribution in [1.29, 1.82) is 0 Å². The summed E-state index contributed by atoms with van der Waals surface area (Å²) in [6.07, 6.45) is 4.46. The molecule has 5 nitrogen and oxygen atoms in total. The summed E-state index contributed by atoms with van der Waals surface area (Å²) < 4.78 is 11.3. The molecule has 25 heavy (non-hydrogen) atoms. The molecule has 2 heterocycles. The summed E-state index contributed by atoms with van der Waals surface area (Å²) >= 11 is 6.51. The highest BCUT2D eigenvalue weighted by Crippen LogP contribution is 2.38. The summed E-state index contributed by atoms with van der Waals surface area (Å²) in [5.74, 6) is 0.813. The molecule has 138 valence electrons. The van der Waals surface area contributed by atoms with Crippen LogP contribution in [0.3, 0.4) is 0 Å². The molecule has 2 aliphatic rings. The molecular weight excluding hydrogens is 338 g/mol. The van der Waals surface area contributed by atoms with Gasteiger partial charge < -0.3 is 20.1 Å². The SMILES string of the molecule is CN=C(NCC1CCCO1)NCC1(c2ccccc2Cl)CCOCC1. The minimum absolute atomic E-state index is 0.0297. The molecule has 0 bridgehead atoms. The van der Waals surface area contributed by atoms with Gasteiger partial charge in [0.1, 0.15) is 0 Å². The molecule has 0 aromatic heterocycles. The van der Waals surface area contributed by atoms with Gasteiger partial charge in [-0.05, 0) is 37.3 Å². The van der Waals surface area contributed by atoms with Crippen LogP contribution in [0.5, 0.6) is 0 Å². The average Bonchev–Trinajstić information content (AvgIpc) is 3.16. The minimum atomic E-state index is -0.0297. The quantitative estimate of drug-likeness (QED) is 0.622. The van der Waals surface area contributed by atoms with Gasteiger partial charge in [0.15, 0.2) is 5.96 Å². The van der Waals surface area contributed by atoms with E-state index >= 15 is 0 Å². The molecule has 0 aliphatic carbocycles. The Morgan fingerprint density at radius 1 is 1.24 bits per heavy atom. The number of aliphatic imine (C=N–C) groups is 1. The van der Waals surface area contributed by atoms with Crippen molar-refractivity contribution in [2.24, 2.45) is 4.99 Å². The second-order valence-corrected chi connectivity index (χ2v) is 7.22. The van der Waals surface area contributed by atoms with E-state index in [4.69, 9.17) is 21.1 Å². The van der Waals surface area contributed by atoms with Gasteiger partial charge in [-0.25, -0.2) is 0 Å². The Morgan fingerprint density at radius 3 is 2.72 bits per heavy atom. The van der Waals surface area contributed by atoms with E-state index in [2.05, 4.69) is 27.8 Å². The Kier molecular flexibility index (Phi) is 6.57. The van der Waals surface area contributed by atoms with Gasteiger partial charge in [0.2, 0.25) is 0 Å². The summed E-state index contributed by atoms with van der Waals surface area (Å²) in [7, 11) is 1.80. The van der Waals surface area contributed by atoms with Gasteiger partial charge in [0.05, 0.1) is 6.10 Å². The minimum Gasteiger partial charge on any atom is -0.381 e. The van der Waals surface area contributed by atoms with Crippen LogP contribution in [0.4, 0.5) is 0 Å². The molecule has 0 saturated carbocycles. The van der Waals surface area contributed by atoms with Crippen molar-refractivity contribution in [3.05, 3.63) is 34.9 Å². The van der Waals surface area contributed by atoms with Crippen LogP contribution in [0.1, 0.15) is 31.2 Å². The molecule has 2 aliphatic heterocycles. The number of hydrogen-bond acceptors (Lipinski definition) is 3. The summed E-state index contributed by atoms with van der Waals surface area (Å²) in [4.78, 5) is 4.36. The third-order valence-electron chi connectivity index (χ3n) is 5.23. The van der Waals surface area contributed by atoms with Gasteiger partial charge in [-0.15, -0.1) is 0 Å². The average molecular weight is 366 g/mol. The van der Waals surface area contributed by atoms with E-state index in [9.17, 15) is 0 Å². The predicted molar refractivity (Wildman–Crippen MR) is 102 cm³/mol. The second kappa shape index (κ2) is 8.88. The van der Waals surface area contributed by atoms with Crippen molar-refractivity contribution in [3.8, 4) is 0 Å². The van der Waals surface area contributed by atoms with Crippen molar-refractivity contribution in [2.75, 3.05) is 40.0 Å². The van der Waals surface area contributed by atoms with Gasteiger partial charge in [-0.2, -0.15) is 0 Å². The predicted octanol–water partition coefficient (Wildman–Crippen LogP) is 2.73. The lowest BCUT2D eigenvalue weighted by molar-refractivity contribution is 0.0514. The van der Waals surface area contributed by atoms with E-state index in [-0.39, 0.29) is 5.41 Å². The summed E-state index contributed by atoms with van der Waals surface area (Å²) in [5, 5.41) is 7.71. The van der Waals surface area contributed by atoms with E-state index < -0.39 is 0 Å². The van der Waals surface area contributed by atoms with Crippen molar-refractivity contribution in [1.82, 2.24) is 10.6 Å². The fourth-order valence-electron chi connectivity index (χ4n) is 3.68. The van der Waals surface area contributed by atoms with Crippen LogP contribution in [0, 0.1) is 0 Å². The lowest BCUT2D eigenvalue weighted by Gasteiger charge is -2.38. The monoisotopic (exact) mass is 365 g/mol. The largest absolute Gasteiger partial charge is 0.381 e. The molecule has 1 unspecified atom stereocenters. The van der Waals surface area contributed by atoms with Crippen LogP contribution in [0.25, 0.3) is 0 Å². The highest BCUT2D eigenvalue weighted by atomic mass is 35.5. The molecule has 0 amide bonds. The topological polar surface area (TPSA) is 54.9 Å². The van der Waals surface area contributed by atoms with Gasteiger partial charge in [0.25, 0.3) is 0 Å². The molecule has 1 aromatic carbocycles. The maximum atomic E-state index is 6.51. The number of halogens is 1. The fourth-order valence-corrected chi connectivity index (χ4v) is 4.02. The van der Waals surface area contributed by atoms with E-state index in [1.165, 1.54) is 5.56 Å². The number of rotatable bonds is 5. The van der Waals surface area contributed by atoms with Crippen LogP contribution in [-0.2, 0) is 14.9 Å². The molecule has 3 rings (SSSR count). The maximum Gasteiger partial charge on any atom is 0.191 e. The third kappa shape index (κ3) is 4.66. The van der Waals surface area contributed by atoms with Gasteiger partial charge in [-0.3, -0.25) is 4.99 Å². The summed E-state index contributed by atoms with van der Waals surface area (Å²) in [5.41, 5.74) is 1.17. The normalized spacial score (nSPS) is 23.4.